The average Bonchev–Trinajstić information content (AvgIpc) is 2.48. The Bertz CT molecular complexity index is 583. The number of hydrogen-bond acceptors (Lipinski definition) is 4. The number of aromatic nitrogens is 2. The van der Waals surface area contributed by atoms with Crippen LogP contribution in [-0.2, 0) is 19.4 Å². The molecule has 2 aromatic rings. The highest BCUT2D eigenvalue weighted by Crippen LogP contribution is 2.23. The minimum Gasteiger partial charge on any atom is -0.496 e. The van der Waals surface area contributed by atoms with Crippen molar-refractivity contribution in [2.24, 2.45) is 0 Å². The van der Waals surface area contributed by atoms with Gasteiger partial charge >= 0.3 is 0 Å². The van der Waals surface area contributed by atoms with E-state index in [2.05, 4.69) is 21.4 Å². The van der Waals surface area contributed by atoms with Crippen LogP contribution in [0.25, 0.3) is 0 Å². The maximum atomic E-state index is 5.40. The van der Waals surface area contributed by atoms with Crippen molar-refractivity contribution in [3.05, 3.63) is 53.1 Å². The molecule has 0 saturated carbocycles. The molecular weight excluding hydrogens is 238 g/mol. The van der Waals surface area contributed by atoms with Crippen LogP contribution in [0.15, 0.2) is 30.6 Å². The van der Waals surface area contributed by atoms with Crippen LogP contribution in [0, 0.1) is 0 Å². The minimum absolute atomic E-state index is 0.788. The Morgan fingerprint density at radius 2 is 2.16 bits per heavy atom. The lowest BCUT2D eigenvalue weighted by atomic mass is 10.00. The lowest BCUT2D eigenvalue weighted by Crippen LogP contribution is -2.26. The molecule has 1 aromatic heterocycles. The third-order valence-corrected chi connectivity index (χ3v) is 3.51. The van der Waals surface area contributed by atoms with Gasteiger partial charge in [0.25, 0.3) is 0 Å². The van der Waals surface area contributed by atoms with Crippen molar-refractivity contribution in [3.63, 3.8) is 0 Å². The van der Waals surface area contributed by atoms with Crippen molar-refractivity contribution >= 4 is 0 Å². The molecular formula is C15H17N3O. The lowest BCUT2D eigenvalue weighted by molar-refractivity contribution is 0.410. The first-order valence-corrected chi connectivity index (χ1v) is 6.52. The second-order valence-corrected chi connectivity index (χ2v) is 4.66. The molecule has 0 unspecified atom stereocenters. The van der Waals surface area contributed by atoms with Gasteiger partial charge in [0.05, 0.1) is 12.8 Å². The lowest BCUT2D eigenvalue weighted by Gasteiger charge is -2.19. The second-order valence-electron chi connectivity index (χ2n) is 4.66. The third-order valence-electron chi connectivity index (χ3n) is 3.51. The van der Waals surface area contributed by atoms with Crippen molar-refractivity contribution in [1.29, 1.82) is 0 Å². The highest BCUT2D eigenvalue weighted by Gasteiger charge is 2.16. The smallest absolute Gasteiger partial charge is 0.122 e. The Morgan fingerprint density at radius 3 is 3.05 bits per heavy atom. The number of ether oxygens (including phenoxy) is 1. The predicted molar refractivity (Wildman–Crippen MR) is 73.2 cm³/mol. The summed E-state index contributed by atoms with van der Waals surface area (Å²) in [4.78, 5) is 8.84. The van der Waals surface area contributed by atoms with E-state index in [9.17, 15) is 0 Å². The number of hydrogen-bond donors (Lipinski definition) is 1. The van der Waals surface area contributed by atoms with Gasteiger partial charge in [0.2, 0.25) is 0 Å². The van der Waals surface area contributed by atoms with Gasteiger partial charge in [-0.25, -0.2) is 9.97 Å². The van der Waals surface area contributed by atoms with Gasteiger partial charge in [0.1, 0.15) is 12.1 Å². The van der Waals surface area contributed by atoms with Crippen LogP contribution in [0.2, 0.25) is 0 Å². The van der Waals surface area contributed by atoms with Crippen molar-refractivity contribution in [1.82, 2.24) is 15.3 Å². The summed E-state index contributed by atoms with van der Waals surface area (Å²) in [5.41, 5.74) is 4.69. The maximum absolute atomic E-state index is 5.40. The summed E-state index contributed by atoms with van der Waals surface area (Å²) in [6.45, 7) is 1.86. The summed E-state index contributed by atoms with van der Waals surface area (Å²) in [5.74, 6) is 0.915. The van der Waals surface area contributed by atoms with Crippen molar-refractivity contribution in [2.45, 2.75) is 19.4 Å². The summed E-state index contributed by atoms with van der Waals surface area (Å²) in [7, 11) is 1.70. The van der Waals surface area contributed by atoms with Gasteiger partial charge in [-0.2, -0.15) is 0 Å². The largest absolute Gasteiger partial charge is 0.496 e. The minimum atomic E-state index is 0.788. The monoisotopic (exact) mass is 255 g/mol. The fourth-order valence-corrected chi connectivity index (χ4v) is 2.51. The van der Waals surface area contributed by atoms with E-state index in [1.807, 2.05) is 18.2 Å². The van der Waals surface area contributed by atoms with Gasteiger partial charge in [-0.1, -0.05) is 18.2 Å². The molecule has 2 heterocycles. The molecule has 0 spiro atoms. The van der Waals surface area contributed by atoms with E-state index in [0.29, 0.717) is 0 Å². The number of para-hydroxylation sites is 1. The Balaban J connectivity index is 1.95. The number of benzene rings is 1. The maximum Gasteiger partial charge on any atom is 0.122 e. The van der Waals surface area contributed by atoms with Crippen LogP contribution < -0.4 is 10.1 Å². The highest BCUT2D eigenvalue weighted by molar-refractivity contribution is 5.38. The molecule has 4 nitrogen and oxygen atoms in total. The van der Waals surface area contributed by atoms with Crippen molar-refractivity contribution in [3.8, 4) is 5.75 Å². The fourth-order valence-electron chi connectivity index (χ4n) is 2.51. The molecule has 0 fully saturated rings. The summed E-state index contributed by atoms with van der Waals surface area (Å²) >= 11 is 0. The van der Waals surface area contributed by atoms with E-state index in [0.717, 1.165) is 42.9 Å². The van der Waals surface area contributed by atoms with E-state index in [-0.39, 0.29) is 0 Å². The Labute approximate surface area is 112 Å². The van der Waals surface area contributed by atoms with Crippen LogP contribution in [0.5, 0.6) is 5.75 Å². The third kappa shape index (κ3) is 2.44. The summed E-state index contributed by atoms with van der Waals surface area (Å²) in [5, 5.41) is 3.38. The topological polar surface area (TPSA) is 47.0 Å². The number of methoxy groups -OCH3 is 1. The van der Waals surface area contributed by atoms with Crippen LogP contribution in [0.1, 0.15) is 22.5 Å². The number of nitrogens with one attached hydrogen (secondary N) is 1. The van der Waals surface area contributed by atoms with E-state index in [1.54, 1.807) is 13.4 Å². The van der Waals surface area contributed by atoms with E-state index in [1.165, 1.54) is 11.3 Å². The molecule has 1 aliphatic heterocycles. The SMILES string of the molecule is COc1ccccc1Cc1ncnc2c1CNCC2. The Morgan fingerprint density at radius 1 is 1.26 bits per heavy atom. The molecule has 1 N–H and O–H groups in total. The summed E-state index contributed by atoms with van der Waals surface area (Å²) in [6.07, 6.45) is 3.45. The molecule has 0 bridgehead atoms. The van der Waals surface area contributed by atoms with E-state index >= 15 is 0 Å². The number of nitrogens with zero attached hydrogens (tertiary/aromatic N) is 2. The zero-order chi connectivity index (χ0) is 13.1. The molecule has 0 saturated heterocycles. The first-order chi connectivity index (χ1) is 9.38. The van der Waals surface area contributed by atoms with Crippen LogP contribution in [0.3, 0.4) is 0 Å². The molecule has 0 aliphatic carbocycles. The van der Waals surface area contributed by atoms with Gasteiger partial charge in [0.15, 0.2) is 0 Å². The van der Waals surface area contributed by atoms with Crippen LogP contribution in [-0.4, -0.2) is 23.6 Å². The van der Waals surface area contributed by atoms with Gasteiger partial charge in [0, 0.05) is 42.8 Å². The second kappa shape index (κ2) is 5.36. The molecule has 0 amide bonds. The zero-order valence-electron chi connectivity index (χ0n) is 11.0. The van der Waals surface area contributed by atoms with Gasteiger partial charge in [-0.3, -0.25) is 0 Å². The summed E-state index contributed by atoms with van der Waals surface area (Å²) in [6, 6.07) is 8.09. The van der Waals surface area contributed by atoms with Gasteiger partial charge in [-0.15, -0.1) is 0 Å². The number of fused-ring (bicyclic) bond motifs is 1. The van der Waals surface area contributed by atoms with Crippen molar-refractivity contribution < 1.29 is 4.74 Å². The molecule has 4 heteroatoms. The molecule has 0 radical (unpaired) electrons. The standard InChI is InChI=1S/C15H17N3O/c1-19-15-5-3-2-4-11(15)8-14-12-9-16-7-6-13(12)17-10-18-14/h2-5,10,16H,6-9H2,1H3. The Kier molecular flexibility index (Phi) is 3.42. The molecule has 19 heavy (non-hydrogen) atoms. The Hall–Kier alpha value is -1.94. The normalized spacial score (nSPS) is 13.9. The zero-order valence-corrected chi connectivity index (χ0v) is 11.0. The predicted octanol–water partition coefficient (Wildman–Crippen LogP) is 1.72. The molecule has 1 aromatic carbocycles. The van der Waals surface area contributed by atoms with Gasteiger partial charge in [-0.05, 0) is 6.07 Å². The first-order valence-electron chi connectivity index (χ1n) is 6.52. The molecule has 3 rings (SSSR count). The van der Waals surface area contributed by atoms with Crippen molar-refractivity contribution in [2.75, 3.05) is 13.7 Å². The highest BCUT2D eigenvalue weighted by atomic mass is 16.5. The molecule has 1 aliphatic rings. The summed E-state index contributed by atoms with van der Waals surface area (Å²) < 4.78 is 5.40. The van der Waals surface area contributed by atoms with Crippen LogP contribution in [0.4, 0.5) is 0 Å². The molecule has 0 atom stereocenters. The van der Waals surface area contributed by atoms with Gasteiger partial charge < -0.3 is 10.1 Å². The number of rotatable bonds is 3. The van der Waals surface area contributed by atoms with E-state index in [4.69, 9.17) is 4.74 Å². The first kappa shape index (κ1) is 12.1. The average molecular weight is 255 g/mol. The molecule has 98 valence electrons. The van der Waals surface area contributed by atoms with Crippen LogP contribution >= 0.6 is 0 Å². The van der Waals surface area contributed by atoms with E-state index < -0.39 is 0 Å². The quantitative estimate of drug-likeness (QED) is 0.907. The fraction of sp³-hybridized carbons (Fsp3) is 0.333.